The van der Waals surface area contributed by atoms with E-state index in [1.807, 2.05) is 5.92 Å². The number of nitrogen functional groups attached to an aromatic ring is 1. The molecule has 390 valence electrons. The van der Waals surface area contributed by atoms with Crippen molar-refractivity contribution in [2.24, 2.45) is 29.6 Å². The summed E-state index contributed by atoms with van der Waals surface area (Å²) >= 11 is 5.48. The highest BCUT2D eigenvalue weighted by Crippen LogP contribution is 2.56. The minimum Gasteiger partial charge on any atom is -0.454 e. The molecule has 2 aliphatic carbocycles. The van der Waals surface area contributed by atoms with E-state index in [1.165, 1.54) is 16.8 Å². The van der Waals surface area contributed by atoms with Crippen molar-refractivity contribution in [3.05, 3.63) is 51.6 Å². The fourth-order valence-corrected chi connectivity index (χ4v) is 7.51. The van der Waals surface area contributed by atoms with Gasteiger partial charge in [-0.15, -0.1) is 6.42 Å². The number of halogens is 5. The number of nitrogens with zero attached hydrogens (tertiary/aromatic N) is 3. The van der Waals surface area contributed by atoms with Crippen LogP contribution in [0.5, 0.6) is 0 Å². The summed E-state index contributed by atoms with van der Waals surface area (Å²) in [5.74, 6) is 1.05. The number of carbonyl (C=O) groups is 2. The molecule has 0 amide bonds. The SMILES string of the molecule is C#CC(=O)OCCOCCOCCOCCOCCOCCOCCOCCOC.CCN=C/C(=C(\N)C(F)(F)F)C1(O)CC2CC(c3nn(C)c(N)c3C=O)CC2C1.CNc1ccc(F)c(Cl)c1. The minimum absolute atomic E-state index is 0.00112. The van der Waals surface area contributed by atoms with Crippen LogP contribution in [0.15, 0.2) is 34.5 Å². The molecule has 2 fully saturated rings. The number of nitrogens with one attached hydrogen (secondary N) is 1. The number of anilines is 2. The Kier molecular flexibility index (Phi) is 29.9. The van der Waals surface area contributed by atoms with Crippen LogP contribution in [0.25, 0.3) is 0 Å². The first-order valence-electron chi connectivity index (χ1n) is 22.4. The summed E-state index contributed by atoms with van der Waals surface area (Å²) in [7, 11) is 5.05. The molecule has 2 aromatic rings. The first-order chi connectivity index (χ1) is 33.1. The van der Waals surface area contributed by atoms with E-state index in [2.05, 4.69) is 20.1 Å². The quantitative estimate of drug-likeness (QED) is 0.0157. The lowest BCUT2D eigenvalue weighted by molar-refractivity contribution is -0.138. The van der Waals surface area contributed by atoms with Crippen molar-refractivity contribution < 1.29 is 74.9 Å². The van der Waals surface area contributed by atoms with Crippen molar-refractivity contribution in [2.75, 3.05) is 137 Å². The largest absolute Gasteiger partial charge is 0.454 e. The molecular weight excluding hydrogens is 940 g/mol. The second kappa shape index (κ2) is 34.0. The third-order valence-electron chi connectivity index (χ3n) is 10.7. The number of ether oxygens (including phenoxy) is 9. The van der Waals surface area contributed by atoms with Crippen LogP contribution in [0.4, 0.5) is 29.1 Å². The van der Waals surface area contributed by atoms with Crippen molar-refractivity contribution >= 4 is 41.6 Å². The molecule has 0 spiro atoms. The molecule has 2 unspecified atom stereocenters. The summed E-state index contributed by atoms with van der Waals surface area (Å²) in [6.45, 7) is 9.52. The van der Waals surface area contributed by atoms with Gasteiger partial charge in [0.2, 0.25) is 0 Å². The van der Waals surface area contributed by atoms with Crippen LogP contribution in [0.3, 0.4) is 0 Å². The summed E-state index contributed by atoms with van der Waals surface area (Å²) in [6.07, 6.45) is 3.42. The van der Waals surface area contributed by atoms with E-state index in [0.29, 0.717) is 129 Å². The Morgan fingerprint density at radius 2 is 1.39 bits per heavy atom. The number of aliphatic imine (C=N–C) groups is 1. The van der Waals surface area contributed by atoms with Crippen LogP contribution in [-0.4, -0.2) is 172 Å². The Morgan fingerprint density at radius 3 is 1.78 bits per heavy atom. The second-order valence-electron chi connectivity index (χ2n) is 15.4. The number of esters is 1. The number of methoxy groups -OCH3 is 1. The zero-order chi connectivity index (χ0) is 51.1. The maximum atomic E-state index is 13.2. The predicted molar refractivity (Wildman–Crippen MR) is 251 cm³/mol. The fourth-order valence-electron chi connectivity index (χ4n) is 7.33. The smallest absolute Gasteiger partial charge is 0.431 e. The van der Waals surface area contributed by atoms with Gasteiger partial charge in [-0.1, -0.05) is 11.6 Å². The molecule has 23 heteroatoms. The first kappa shape index (κ1) is 60.7. The highest BCUT2D eigenvalue weighted by Gasteiger charge is 2.53. The Morgan fingerprint density at radius 1 is 0.928 bits per heavy atom. The van der Waals surface area contributed by atoms with Crippen molar-refractivity contribution in [3.63, 3.8) is 0 Å². The molecule has 1 aromatic heterocycles. The Hall–Kier alpha value is -4.41. The lowest BCUT2D eigenvalue weighted by atomic mass is 9.86. The summed E-state index contributed by atoms with van der Waals surface area (Å²) in [4.78, 5) is 26.0. The topological polar surface area (TPSA) is 232 Å². The Balaban J connectivity index is 0.000000394. The van der Waals surface area contributed by atoms with Gasteiger partial charge in [0.05, 0.1) is 121 Å². The van der Waals surface area contributed by atoms with Crippen LogP contribution < -0.4 is 16.8 Å². The molecule has 4 rings (SSSR count). The number of hydrogen-bond acceptors (Lipinski definition) is 17. The predicted octanol–water partition coefficient (Wildman–Crippen LogP) is 4.76. The number of aldehydes is 1. The molecule has 0 radical (unpaired) electrons. The van der Waals surface area contributed by atoms with E-state index in [1.54, 1.807) is 34.2 Å². The number of terminal acetylenes is 1. The zero-order valence-electron chi connectivity index (χ0n) is 39.9. The number of benzene rings is 1. The van der Waals surface area contributed by atoms with Gasteiger partial charge in [0.1, 0.15) is 23.9 Å². The van der Waals surface area contributed by atoms with Crippen molar-refractivity contribution in [1.82, 2.24) is 9.78 Å². The molecule has 18 nitrogen and oxygen atoms in total. The molecule has 1 aromatic carbocycles. The molecular formula is C46H69ClF4N6O12. The number of aliphatic hydroxyl groups is 1. The summed E-state index contributed by atoms with van der Waals surface area (Å²) < 4.78 is 100. The molecule has 1 heterocycles. The average molecular weight is 1010 g/mol. The molecule has 0 aliphatic heterocycles. The highest BCUT2D eigenvalue weighted by molar-refractivity contribution is 6.31. The van der Waals surface area contributed by atoms with Gasteiger partial charge >= 0.3 is 12.1 Å². The third-order valence-corrected chi connectivity index (χ3v) is 10.9. The number of aromatic nitrogens is 2. The van der Waals surface area contributed by atoms with Crippen LogP contribution >= 0.6 is 11.6 Å². The van der Waals surface area contributed by atoms with E-state index >= 15 is 0 Å². The summed E-state index contributed by atoms with van der Waals surface area (Å²) in [6, 6.07) is 4.49. The maximum absolute atomic E-state index is 13.2. The number of aryl methyl sites for hydroxylation is 1. The van der Waals surface area contributed by atoms with Gasteiger partial charge < -0.3 is 64.5 Å². The molecule has 69 heavy (non-hydrogen) atoms. The normalized spacial score (nSPS) is 18.9. The number of alkyl halides is 3. The minimum atomic E-state index is -4.74. The monoisotopic (exact) mass is 1010 g/mol. The molecule has 2 aliphatic rings. The zero-order valence-corrected chi connectivity index (χ0v) is 40.6. The van der Waals surface area contributed by atoms with Gasteiger partial charge in [-0.05, 0) is 62.6 Å². The fraction of sp³-hybridized carbons (Fsp3) is 0.652. The van der Waals surface area contributed by atoms with Crippen molar-refractivity contribution in [3.8, 4) is 12.3 Å². The van der Waals surface area contributed by atoms with Gasteiger partial charge in [-0.3, -0.25) is 14.5 Å². The number of nitrogens with two attached hydrogens (primary N) is 2. The van der Waals surface area contributed by atoms with Crippen LogP contribution in [0.2, 0.25) is 5.02 Å². The second-order valence-corrected chi connectivity index (χ2v) is 15.9. The molecule has 0 bridgehead atoms. The van der Waals surface area contributed by atoms with E-state index in [9.17, 15) is 32.3 Å². The van der Waals surface area contributed by atoms with Gasteiger partial charge in [-0.25, -0.2) is 9.18 Å². The Labute approximate surface area is 406 Å². The van der Waals surface area contributed by atoms with Crippen LogP contribution in [-0.2, 0) is 54.5 Å². The number of fused-ring (bicyclic) bond motifs is 1. The van der Waals surface area contributed by atoms with E-state index < -0.39 is 23.4 Å². The van der Waals surface area contributed by atoms with E-state index in [-0.39, 0.29) is 66.8 Å². The van der Waals surface area contributed by atoms with Gasteiger partial charge in [0.15, 0.2) is 6.29 Å². The number of hydrogen-bond donors (Lipinski definition) is 4. The molecule has 2 saturated carbocycles. The van der Waals surface area contributed by atoms with Crippen LogP contribution in [0, 0.1) is 30.0 Å². The molecule has 2 atom stereocenters. The van der Waals surface area contributed by atoms with E-state index in [4.69, 9.17) is 67.4 Å². The number of carbonyl (C=O) groups excluding carboxylic acids is 2. The highest BCUT2D eigenvalue weighted by atomic mass is 35.5. The Bertz CT molecular complexity index is 1890. The lowest BCUT2D eigenvalue weighted by Crippen LogP contribution is -2.36. The average Bonchev–Trinajstić information content (AvgIpc) is 3.96. The van der Waals surface area contributed by atoms with Crippen molar-refractivity contribution in [2.45, 2.75) is 50.3 Å². The summed E-state index contributed by atoms with van der Waals surface area (Å²) in [5, 5.41) is 18.4. The van der Waals surface area contributed by atoms with Gasteiger partial charge in [0, 0.05) is 57.1 Å². The van der Waals surface area contributed by atoms with Gasteiger partial charge in [0.25, 0.3) is 0 Å². The molecule has 6 N–H and O–H groups in total. The van der Waals surface area contributed by atoms with E-state index in [0.717, 1.165) is 11.9 Å². The van der Waals surface area contributed by atoms with Crippen molar-refractivity contribution in [1.29, 1.82) is 0 Å². The maximum Gasteiger partial charge on any atom is 0.431 e. The number of allylic oxidation sites excluding steroid dienone is 1. The summed E-state index contributed by atoms with van der Waals surface area (Å²) in [5.41, 5.74) is 9.73. The lowest BCUT2D eigenvalue weighted by Gasteiger charge is -2.28. The van der Waals surface area contributed by atoms with Gasteiger partial charge in [-0.2, -0.15) is 18.3 Å². The first-order valence-corrected chi connectivity index (χ1v) is 22.8. The standard InChI is InChI=1S/C20H36O10.C19H26F3N5O2.C7H7ClFN/c1-3-20(21)30-19-18-29-17-16-28-15-14-27-13-12-26-11-10-25-9-8-24-7-6-23-5-4-22-2;1-3-25-8-14(16(23)19(20,21)22)18(29)6-11-4-10(5-12(11)7-18)15-13(9-28)17(24)27(2)26-15;1-10-5-2-3-7(9)6(8)4-5/h1H,4-19H2,2H3;8-12,29H,3-7,23-24H2,1-2H3;2-4,10H,1H3/b;16-14+,25-8?;. The third kappa shape index (κ3) is 22.9. The molecule has 0 saturated heterocycles. The van der Waals surface area contributed by atoms with Crippen LogP contribution in [0.1, 0.15) is 54.6 Å². The number of rotatable bonds is 30.